The first kappa shape index (κ1) is 11.3. The van der Waals surface area contributed by atoms with Crippen molar-refractivity contribution in [1.82, 2.24) is 0 Å². The van der Waals surface area contributed by atoms with E-state index >= 15 is 0 Å². The first-order valence-corrected chi connectivity index (χ1v) is 6.42. The summed E-state index contributed by atoms with van der Waals surface area (Å²) in [5, 5.41) is 4.31. The van der Waals surface area contributed by atoms with Crippen molar-refractivity contribution < 1.29 is 4.74 Å². The van der Waals surface area contributed by atoms with Crippen molar-refractivity contribution in [2.24, 2.45) is 4.99 Å². The van der Waals surface area contributed by atoms with Crippen molar-refractivity contribution in [2.45, 2.75) is 19.4 Å². The van der Waals surface area contributed by atoms with E-state index in [9.17, 15) is 0 Å². The number of para-hydroxylation sites is 2. The normalized spacial score (nSPS) is 19.4. The fourth-order valence-electron chi connectivity index (χ4n) is 1.56. The summed E-state index contributed by atoms with van der Waals surface area (Å²) in [7, 11) is 1.68. The van der Waals surface area contributed by atoms with Gasteiger partial charge < -0.3 is 10.1 Å². The van der Waals surface area contributed by atoms with Gasteiger partial charge in [0.1, 0.15) is 5.75 Å². The highest BCUT2D eigenvalue weighted by Crippen LogP contribution is 2.27. The van der Waals surface area contributed by atoms with Crippen LogP contribution < -0.4 is 10.1 Å². The Morgan fingerprint density at radius 2 is 2.31 bits per heavy atom. The highest BCUT2D eigenvalue weighted by molar-refractivity contribution is 8.14. The summed E-state index contributed by atoms with van der Waals surface area (Å²) in [5.41, 5.74) is 0.980. The van der Waals surface area contributed by atoms with Crippen molar-refractivity contribution in [2.75, 3.05) is 18.2 Å². The number of aliphatic imine (C=N–C) groups is 1. The van der Waals surface area contributed by atoms with Crippen molar-refractivity contribution in [3.63, 3.8) is 0 Å². The molecule has 1 N–H and O–H groups in total. The Hall–Kier alpha value is -1.16. The van der Waals surface area contributed by atoms with Gasteiger partial charge >= 0.3 is 0 Å². The lowest BCUT2D eigenvalue weighted by Crippen LogP contribution is -2.06. The second kappa shape index (κ2) is 5.25. The van der Waals surface area contributed by atoms with E-state index in [1.165, 1.54) is 0 Å². The number of nitrogens with one attached hydrogen (secondary N) is 1. The number of ether oxygens (including phenoxy) is 1. The summed E-state index contributed by atoms with van der Waals surface area (Å²) in [4.78, 5) is 4.59. The van der Waals surface area contributed by atoms with Crippen molar-refractivity contribution >= 4 is 22.6 Å². The summed E-state index contributed by atoms with van der Waals surface area (Å²) >= 11 is 1.77. The lowest BCUT2D eigenvalue weighted by atomic mass is 10.3. The maximum absolute atomic E-state index is 5.28. The SMILES string of the molecule is CC[C@H]1CSC(Nc2ccccc2OC)=N1. The zero-order valence-electron chi connectivity index (χ0n) is 9.56. The molecule has 0 amide bonds. The standard InChI is InChI=1S/C12H16N2OS/c1-3-9-8-16-12(13-9)14-10-6-4-5-7-11(10)15-2/h4-7,9H,3,8H2,1-2H3,(H,13,14)/t9-/m0/s1. The molecule has 0 spiro atoms. The Balaban J connectivity index is 2.09. The number of methoxy groups -OCH3 is 1. The highest BCUT2D eigenvalue weighted by atomic mass is 32.2. The molecular formula is C12H16N2OS. The fourth-order valence-corrected chi connectivity index (χ4v) is 2.62. The average Bonchev–Trinajstić information content (AvgIpc) is 2.77. The molecule has 0 aliphatic carbocycles. The van der Waals surface area contributed by atoms with Crippen molar-refractivity contribution in [3.05, 3.63) is 24.3 Å². The van der Waals surface area contributed by atoms with Gasteiger partial charge in [0.15, 0.2) is 5.17 Å². The number of nitrogens with zero attached hydrogens (tertiary/aromatic N) is 1. The predicted octanol–water partition coefficient (Wildman–Crippen LogP) is 2.99. The number of hydrogen-bond acceptors (Lipinski definition) is 4. The molecule has 1 atom stereocenters. The summed E-state index contributed by atoms with van der Waals surface area (Å²) < 4.78 is 5.28. The third-order valence-corrected chi connectivity index (χ3v) is 3.56. The van der Waals surface area contributed by atoms with E-state index in [2.05, 4.69) is 17.2 Å². The van der Waals surface area contributed by atoms with E-state index in [4.69, 9.17) is 4.74 Å². The van der Waals surface area contributed by atoms with Crippen LogP contribution in [0.1, 0.15) is 13.3 Å². The van der Waals surface area contributed by atoms with Crippen LogP contribution in [-0.2, 0) is 0 Å². The van der Waals surface area contributed by atoms with Gasteiger partial charge in [-0.2, -0.15) is 0 Å². The average molecular weight is 236 g/mol. The van der Waals surface area contributed by atoms with Gasteiger partial charge in [0.25, 0.3) is 0 Å². The molecule has 0 radical (unpaired) electrons. The molecular weight excluding hydrogens is 220 g/mol. The van der Waals surface area contributed by atoms with Crippen LogP contribution in [0.25, 0.3) is 0 Å². The van der Waals surface area contributed by atoms with Crippen LogP contribution in [0, 0.1) is 0 Å². The Morgan fingerprint density at radius 3 is 3.00 bits per heavy atom. The van der Waals surface area contributed by atoms with Crippen LogP contribution in [0.5, 0.6) is 5.75 Å². The zero-order chi connectivity index (χ0) is 11.4. The fraction of sp³-hybridized carbons (Fsp3) is 0.417. The number of hydrogen-bond donors (Lipinski definition) is 1. The van der Waals surface area contributed by atoms with E-state index in [0.717, 1.165) is 28.8 Å². The highest BCUT2D eigenvalue weighted by Gasteiger charge is 2.17. The van der Waals surface area contributed by atoms with Gasteiger partial charge in [-0.05, 0) is 18.6 Å². The van der Waals surface area contributed by atoms with Gasteiger partial charge in [-0.1, -0.05) is 30.8 Å². The molecule has 1 aromatic carbocycles. The van der Waals surface area contributed by atoms with Crippen LogP contribution in [0.4, 0.5) is 5.69 Å². The van der Waals surface area contributed by atoms with Crippen LogP contribution >= 0.6 is 11.8 Å². The lowest BCUT2D eigenvalue weighted by molar-refractivity contribution is 0.417. The van der Waals surface area contributed by atoms with Gasteiger partial charge in [-0.25, -0.2) is 0 Å². The van der Waals surface area contributed by atoms with Gasteiger partial charge in [-0.15, -0.1) is 0 Å². The molecule has 1 aliphatic heterocycles. The molecule has 0 unspecified atom stereocenters. The second-order valence-electron chi connectivity index (χ2n) is 3.63. The van der Waals surface area contributed by atoms with Crippen LogP contribution in [0.2, 0.25) is 0 Å². The topological polar surface area (TPSA) is 33.6 Å². The molecule has 1 heterocycles. The van der Waals surface area contributed by atoms with Crippen molar-refractivity contribution in [3.8, 4) is 5.75 Å². The van der Waals surface area contributed by atoms with Gasteiger partial charge in [0.2, 0.25) is 0 Å². The van der Waals surface area contributed by atoms with Crippen LogP contribution in [0.15, 0.2) is 29.3 Å². The van der Waals surface area contributed by atoms with Gasteiger partial charge in [0, 0.05) is 5.75 Å². The zero-order valence-corrected chi connectivity index (χ0v) is 10.4. The summed E-state index contributed by atoms with van der Waals surface area (Å²) in [6.07, 6.45) is 1.10. The van der Waals surface area contributed by atoms with Gasteiger partial charge in [0.05, 0.1) is 18.8 Å². The Labute approximate surface area is 100 Å². The molecule has 1 aliphatic rings. The molecule has 3 nitrogen and oxygen atoms in total. The third-order valence-electron chi connectivity index (χ3n) is 2.53. The molecule has 4 heteroatoms. The van der Waals surface area contributed by atoms with E-state index in [-0.39, 0.29) is 0 Å². The maximum atomic E-state index is 5.28. The monoisotopic (exact) mass is 236 g/mol. The smallest absolute Gasteiger partial charge is 0.161 e. The number of amidine groups is 1. The third kappa shape index (κ3) is 2.50. The summed E-state index contributed by atoms with van der Waals surface area (Å²) in [5.74, 6) is 1.93. The Bertz CT molecular complexity index is 392. The van der Waals surface area contributed by atoms with E-state index in [0.29, 0.717) is 6.04 Å². The maximum Gasteiger partial charge on any atom is 0.161 e. The molecule has 16 heavy (non-hydrogen) atoms. The number of rotatable bonds is 3. The molecule has 1 aromatic rings. The van der Waals surface area contributed by atoms with Crippen LogP contribution in [-0.4, -0.2) is 24.1 Å². The molecule has 86 valence electrons. The first-order valence-electron chi connectivity index (χ1n) is 5.44. The van der Waals surface area contributed by atoms with Crippen molar-refractivity contribution in [1.29, 1.82) is 0 Å². The second-order valence-corrected chi connectivity index (χ2v) is 4.64. The van der Waals surface area contributed by atoms with Crippen LogP contribution in [0.3, 0.4) is 0 Å². The van der Waals surface area contributed by atoms with Gasteiger partial charge in [-0.3, -0.25) is 4.99 Å². The molecule has 0 aromatic heterocycles. The van der Waals surface area contributed by atoms with E-state index in [1.807, 2.05) is 24.3 Å². The molecule has 0 bridgehead atoms. The molecule has 0 saturated carbocycles. The minimum atomic E-state index is 0.460. The van der Waals surface area contributed by atoms with E-state index < -0.39 is 0 Å². The number of anilines is 1. The predicted molar refractivity (Wildman–Crippen MR) is 70.6 cm³/mol. The molecule has 0 fully saturated rings. The first-order chi connectivity index (χ1) is 7.83. The quantitative estimate of drug-likeness (QED) is 0.876. The minimum Gasteiger partial charge on any atom is -0.495 e. The summed E-state index contributed by atoms with van der Waals surface area (Å²) in [6, 6.07) is 8.36. The number of thioether (sulfide) groups is 1. The summed E-state index contributed by atoms with van der Waals surface area (Å²) in [6.45, 7) is 2.17. The number of benzene rings is 1. The lowest BCUT2D eigenvalue weighted by Gasteiger charge is -2.09. The van der Waals surface area contributed by atoms with E-state index in [1.54, 1.807) is 18.9 Å². The minimum absolute atomic E-state index is 0.460. The molecule has 0 saturated heterocycles. The Kier molecular flexibility index (Phi) is 3.72. The molecule has 2 rings (SSSR count). The Morgan fingerprint density at radius 1 is 1.50 bits per heavy atom. The largest absolute Gasteiger partial charge is 0.495 e.